The van der Waals surface area contributed by atoms with Crippen LogP contribution in [0.4, 0.5) is 16.2 Å². The number of amides is 2. The van der Waals surface area contributed by atoms with Crippen LogP contribution in [0.1, 0.15) is 28.9 Å². The lowest BCUT2D eigenvalue weighted by Gasteiger charge is -2.22. The van der Waals surface area contributed by atoms with Gasteiger partial charge in [0.05, 0.1) is 36.9 Å². The largest absolute Gasteiger partial charge is 0.497 e. The van der Waals surface area contributed by atoms with E-state index >= 15 is 0 Å². The molecule has 2 aromatic carbocycles. The number of aromatic nitrogens is 1. The molecule has 3 aromatic rings. The van der Waals surface area contributed by atoms with E-state index in [1.807, 2.05) is 30.3 Å². The van der Waals surface area contributed by atoms with Crippen molar-refractivity contribution in [1.82, 2.24) is 10.3 Å². The highest BCUT2D eigenvalue weighted by atomic mass is 16.5. The molecule has 0 spiro atoms. The van der Waals surface area contributed by atoms with Gasteiger partial charge in [-0.2, -0.15) is 0 Å². The van der Waals surface area contributed by atoms with Crippen LogP contribution in [0, 0.1) is 0 Å². The Hall–Kier alpha value is -4.01. The summed E-state index contributed by atoms with van der Waals surface area (Å²) in [7, 11) is 2.95. The number of hydrogen-bond donors (Lipinski definition) is 2. The fourth-order valence-corrected chi connectivity index (χ4v) is 3.87. The molecule has 178 valence electrons. The first-order valence-corrected chi connectivity index (χ1v) is 11.2. The number of methoxy groups -OCH3 is 2. The van der Waals surface area contributed by atoms with E-state index in [0.717, 1.165) is 48.6 Å². The molecule has 0 saturated carbocycles. The highest BCUT2D eigenvalue weighted by molar-refractivity contribution is 5.97. The molecule has 1 aromatic heterocycles. The molecule has 4 rings (SSSR count). The van der Waals surface area contributed by atoms with E-state index in [4.69, 9.17) is 13.9 Å². The lowest BCUT2D eigenvalue weighted by molar-refractivity contribution is 0.0600. The van der Waals surface area contributed by atoms with Crippen molar-refractivity contribution in [2.24, 2.45) is 0 Å². The molecule has 1 fully saturated rings. The molecule has 0 unspecified atom stereocenters. The minimum Gasteiger partial charge on any atom is -0.497 e. The Balaban J connectivity index is 1.35. The minimum absolute atomic E-state index is 0.360. The first-order chi connectivity index (χ1) is 16.6. The zero-order valence-electron chi connectivity index (χ0n) is 19.3. The number of carbonyl (C=O) groups excluding carboxylic acids is 2. The van der Waals surface area contributed by atoms with Crippen LogP contribution in [-0.2, 0) is 11.2 Å². The van der Waals surface area contributed by atoms with Gasteiger partial charge >= 0.3 is 12.0 Å². The molecule has 1 aliphatic rings. The molecular weight excluding hydrogens is 436 g/mol. The van der Waals surface area contributed by atoms with Crippen LogP contribution in [0.3, 0.4) is 0 Å². The van der Waals surface area contributed by atoms with E-state index in [2.05, 4.69) is 20.5 Å². The highest BCUT2D eigenvalue weighted by Crippen LogP contribution is 2.30. The van der Waals surface area contributed by atoms with Crippen molar-refractivity contribution in [1.29, 1.82) is 0 Å². The number of urea groups is 1. The highest BCUT2D eigenvalue weighted by Gasteiger charge is 2.19. The van der Waals surface area contributed by atoms with Crippen molar-refractivity contribution < 1.29 is 23.5 Å². The molecule has 9 heteroatoms. The van der Waals surface area contributed by atoms with Gasteiger partial charge in [0.25, 0.3) is 0 Å². The third-order valence-corrected chi connectivity index (χ3v) is 5.67. The zero-order chi connectivity index (χ0) is 23.9. The van der Waals surface area contributed by atoms with Gasteiger partial charge in [0, 0.05) is 31.6 Å². The molecule has 2 amide bonds. The van der Waals surface area contributed by atoms with Crippen molar-refractivity contribution >= 4 is 23.4 Å². The summed E-state index contributed by atoms with van der Waals surface area (Å²) in [5, 5.41) is 5.72. The molecule has 0 atom stereocenters. The Morgan fingerprint density at radius 2 is 1.85 bits per heavy atom. The monoisotopic (exact) mass is 464 g/mol. The van der Waals surface area contributed by atoms with Crippen molar-refractivity contribution in [2.45, 2.75) is 19.3 Å². The van der Waals surface area contributed by atoms with Crippen LogP contribution in [0.25, 0.3) is 11.5 Å². The fraction of sp³-hybridized carbons (Fsp3) is 0.320. The van der Waals surface area contributed by atoms with Gasteiger partial charge < -0.3 is 29.4 Å². The number of ether oxygens (including phenoxy) is 2. The SMILES string of the molecule is COC(=O)c1ccc(N2CCCC2)c(NC(=O)NCCc2coc(-c3ccc(OC)cc3)n2)c1. The van der Waals surface area contributed by atoms with E-state index in [-0.39, 0.29) is 6.03 Å². The predicted molar refractivity (Wildman–Crippen MR) is 128 cm³/mol. The summed E-state index contributed by atoms with van der Waals surface area (Å²) in [6.07, 6.45) is 4.29. The maximum absolute atomic E-state index is 12.6. The summed E-state index contributed by atoms with van der Waals surface area (Å²) in [5.74, 6) is 0.822. The van der Waals surface area contributed by atoms with Crippen molar-refractivity contribution in [3.8, 4) is 17.2 Å². The predicted octanol–water partition coefficient (Wildman–Crippen LogP) is 4.10. The normalized spacial score (nSPS) is 12.9. The third kappa shape index (κ3) is 5.48. The first kappa shape index (κ1) is 23.2. The standard InChI is InChI=1S/C25H28N4O5/c1-32-20-8-5-17(6-9-20)23-27-19(16-34-23)11-12-26-25(31)28-21-15-18(24(30)33-2)7-10-22(21)29-13-3-4-14-29/h5-10,15-16H,3-4,11-14H2,1-2H3,(H2,26,28,31). The minimum atomic E-state index is -0.449. The van der Waals surface area contributed by atoms with Gasteiger partial charge in [-0.1, -0.05) is 0 Å². The average Bonchev–Trinajstić information content (AvgIpc) is 3.56. The van der Waals surface area contributed by atoms with Crippen LogP contribution in [0.5, 0.6) is 5.75 Å². The maximum Gasteiger partial charge on any atom is 0.337 e. The summed E-state index contributed by atoms with van der Waals surface area (Å²) in [6, 6.07) is 12.3. The van der Waals surface area contributed by atoms with Crippen molar-refractivity contribution in [3.05, 3.63) is 60.0 Å². The van der Waals surface area contributed by atoms with E-state index < -0.39 is 5.97 Å². The van der Waals surface area contributed by atoms with Gasteiger partial charge in [-0.25, -0.2) is 14.6 Å². The van der Waals surface area contributed by atoms with Gasteiger partial charge in [-0.3, -0.25) is 0 Å². The Labute approximate surface area is 198 Å². The van der Waals surface area contributed by atoms with Crippen LogP contribution in [0.2, 0.25) is 0 Å². The molecule has 0 bridgehead atoms. The molecular formula is C25H28N4O5. The van der Waals surface area contributed by atoms with Crippen molar-refractivity contribution in [3.63, 3.8) is 0 Å². The summed E-state index contributed by atoms with van der Waals surface area (Å²) < 4.78 is 15.6. The lowest BCUT2D eigenvalue weighted by atomic mass is 10.1. The van der Waals surface area contributed by atoms with Gasteiger partial charge in [0.15, 0.2) is 0 Å². The smallest absolute Gasteiger partial charge is 0.337 e. The quantitative estimate of drug-likeness (QED) is 0.484. The number of anilines is 2. The van der Waals surface area contributed by atoms with Gasteiger partial charge in [0.2, 0.25) is 5.89 Å². The molecule has 34 heavy (non-hydrogen) atoms. The Kier molecular flexibility index (Phi) is 7.31. The molecule has 0 aliphatic carbocycles. The molecule has 1 aliphatic heterocycles. The molecule has 1 saturated heterocycles. The maximum atomic E-state index is 12.6. The number of oxazole rings is 1. The summed E-state index contributed by atoms with van der Waals surface area (Å²) in [4.78, 5) is 31.2. The van der Waals surface area contributed by atoms with Gasteiger partial charge in [-0.15, -0.1) is 0 Å². The molecule has 2 heterocycles. The molecule has 0 radical (unpaired) electrons. The topological polar surface area (TPSA) is 106 Å². The summed E-state index contributed by atoms with van der Waals surface area (Å²) in [5.41, 5.74) is 3.43. The van der Waals surface area contributed by atoms with Crippen LogP contribution in [-0.4, -0.2) is 50.8 Å². The second-order valence-corrected chi connectivity index (χ2v) is 7.92. The van der Waals surface area contributed by atoms with E-state index in [0.29, 0.717) is 30.1 Å². The van der Waals surface area contributed by atoms with Crippen LogP contribution in [0.15, 0.2) is 53.1 Å². The Morgan fingerprint density at radius 3 is 2.56 bits per heavy atom. The van der Waals surface area contributed by atoms with Crippen molar-refractivity contribution in [2.75, 3.05) is 44.1 Å². The van der Waals surface area contributed by atoms with Gasteiger partial charge in [-0.05, 0) is 55.3 Å². The first-order valence-electron chi connectivity index (χ1n) is 11.2. The van der Waals surface area contributed by atoms with E-state index in [1.54, 1.807) is 25.5 Å². The number of carbonyl (C=O) groups is 2. The van der Waals surface area contributed by atoms with E-state index in [9.17, 15) is 9.59 Å². The van der Waals surface area contributed by atoms with Crippen LogP contribution >= 0.6 is 0 Å². The Bertz CT molecular complexity index is 1140. The third-order valence-electron chi connectivity index (χ3n) is 5.67. The Morgan fingerprint density at radius 1 is 1.09 bits per heavy atom. The lowest BCUT2D eigenvalue weighted by Crippen LogP contribution is -2.31. The second-order valence-electron chi connectivity index (χ2n) is 7.92. The zero-order valence-corrected chi connectivity index (χ0v) is 19.3. The van der Waals surface area contributed by atoms with Gasteiger partial charge in [0.1, 0.15) is 12.0 Å². The number of hydrogen-bond acceptors (Lipinski definition) is 7. The summed E-state index contributed by atoms with van der Waals surface area (Å²) in [6.45, 7) is 2.20. The average molecular weight is 465 g/mol. The van der Waals surface area contributed by atoms with Crippen LogP contribution < -0.4 is 20.3 Å². The number of rotatable bonds is 8. The molecule has 9 nitrogen and oxygen atoms in total. The second kappa shape index (κ2) is 10.7. The number of esters is 1. The summed E-state index contributed by atoms with van der Waals surface area (Å²) >= 11 is 0. The number of benzene rings is 2. The fourth-order valence-electron chi connectivity index (χ4n) is 3.87. The molecule has 2 N–H and O–H groups in total. The van der Waals surface area contributed by atoms with E-state index in [1.165, 1.54) is 7.11 Å². The number of nitrogens with zero attached hydrogens (tertiary/aromatic N) is 2. The number of nitrogens with one attached hydrogen (secondary N) is 2.